The number of amides is 2. The van der Waals surface area contributed by atoms with E-state index in [-0.39, 0.29) is 17.9 Å². The molecular weight excluding hydrogens is 558 g/mol. The van der Waals surface area contributed by atoms with E-state index in [1.165, 1.54) is 19.3 Å². The van der Waals surface area contributed by atoms with Gasteiger partial charge in [0.2, 0.25) is 0 Å². The Kier molecular flexibility index (Phi) is 13.5. The summed E-state index contributed by atoms with van der Waals surface area (Å²) in [5, 5.41) is 6.75. The van der Waals surface area contributed by atoms with Gasteiger partial charge in [-0.2, -0.15) is 0 Å². The minimum absolute atomic E-state index is 0.0827. The van der Waals surface area contributed by atoms with E-state index >= 15 is 0 Å². The number of nitrogens with one attached hydrogen (secondary N) is 2. The van der Waals surface area contributed by atoms with Crippen molar-refractivity contribution in [1.29, 1.82) is 0 Å². The van der Waals surface area contributed by atoms with Crippen LogP contribution >= 0.6 is 0 Å². The second-order valence-corrected chi connectivity index (χ2v) is 11.9. The predicted octanol–water partition coefficient (Wildman–Crippen LogP) is 5.52. The van der Waals surface area contributed by atoms with E-state index < -0.39 is 18.3 Å². The van der Waals surface area contributed by atoms with Gasteiger partial charge in [-0.25, -0.2) is 4.79 Å². The number of carbonyl (C=O) groups is 3. The van der Waals surface area contributed by atoms with E-state index in [4.69, 9.17) is 14.2 Å². The third-order valence-corrected chi connectivity index (χ3v) is 8.32. The molecule has 2 fully saturated rings. The van der Waals surface area contributed by atoms with Gasteiger partial charge in [-0.15, -0.1) is 0 Å². The molecule has 44 heavy (non-hydrogen) atoms. The zero-order chi connectivity index (χ0) is 31.1. The average Bonchev–Trinajstić information content (AvgIpc) is 3.56. The maximum Gasteiger partial charge on any atom is 0.509 e. The van der Waals surface area contributed by atoms with Gasteiger partial charge in [-0.05, 0) is 55.9 Å². The van der Waals surface area contributed by atoms with Gasteiger partial charge in [0.1, 0.15) is 12.2 Å². The lowest BCUT2D eigenvalue weighted by Gasteiger charge is -2.31. The molecule has 2 N–H and O–H groups in total. The lowest BCUT2D eigenvalue weighted by molar-refractivity contribution is -0.0139. The van der Waals surface area contributed by atoms with Crippen molar-refractivity contribution in [2.24, 2.45) is 0 Å². The van der Waals surface area contributed by atoms with Crippen LogP contribution in [0.15, 0.2) is 54.6 Å². The molecule has 0 bridgehead atoms. The van der Waals surface area contributed by atoms with Crippen molar-refractivity contribution < 1.29 is 28.6 Å². The average molecular weight is 608 g/mol. The van der Waals surface area contributed by atoms with E-state index in [9.17, 15) is 14.4 Å². The summed E-state index contributed by atoms with van der Waals surface area (Å²) in [6, 6.07) is 16.5. The summed E-state index contributed by atoms with van der Waals surface area (Å²) in [5.41, 5.74) is 1.86. The Hall–Kier alpha value is -3.43. The molecule has 9 nitrogen and oxygen atoms in total. The van der Waals surface area contributed by atoms with Crippen molar-refractivity contribution in [2.75, 3.05) is 32.8 Å². The van der Waals surface area contributed by atoms with E-state index in [2.05, 4.69) is 10.6 Å². The normalized spacial score (nSPS) is 18.3. The van der Waals surface area contributed by atoms with Crippen molar-refractivity contribution in [1.82, 2.24) is 15.5 Å². The second kappa shape index (κ2) is 17.8. The van der Waals surface area contributed by atoms with Crippen LogP contribution in [0.3, 0.4) is 0 Å². The zero-order valence-electron chi connectivity index (χ0n) is 26.3. The summed E-state index contributed by atoms with van der Waals surface area (Å²) < 4.78 is 16.9. The SMILES string of the molecule is CCCN(CCC)C(=O)c1cccc(C(=O)NC(Cc2ccccc2)C(CNC2CCCCC2)OC(=O)OC2CCOC2)c1. The fraction of sp³-hybridized carbons (Fsp3) is 0.571. The van der Waals surface area contributed by atoms with Crippen molar-refractivity contribution in [2.45, 2.75) is 95.9 Å². The zero-order valence-corrected chi connectivity index (χ0v) is 26.3. The number of rotatable bonds is 15. The molecule has 3 atom stereocenters. The van der Waals surface area contributed by atoms with Crippen molar-refractivity contribution in [3.63, 3.8) is 0 Å². The molecule has 2 amide bonds. The van der Waals surface area contributed by atoms with Crippen LogP contribution in [0.1, 0.15) is 91.5 Å². The van der Waals surface area contributed by atoms with Crippen LogP contribution in [0.5, 0.6) is 0 Å². The Labute approximate surface area is 262 Å². The molecule has 1 saturated carbocycles. The monoisotopic (exact) mass is 607 g/mol. The third-order valence-electron chi connectivity index (χ3n) is 8.32. The summed E-state index contributed by atoms with van der Waals surface area (Å²) in [4.78, 5) is 41.9. The van der Waals surface area contributed by atoms with Crippen LogP contribution in [-0.2, 0) is 20.6 Å². The number of ether oxygens (including phenoxy) is 3. The smallest absolute Gasteiger partial charge is 0.428 e. The summed E-state index contributed by atoms with van der Waals surface area (Å²) in [5.74, 6) is -0.414. The molecule has 1 aliphatic heterocycles. The van der Waals surface area contributed by atoms with Gasteiger partial charge < -0.3 is 29.7 Å². The Morgan fingerprint density at radius 3 is 2.34 bits per heavy atom. The first-order valence-corrected chi connectivity index (χ1v) is 16.4. The molecule has 9 heteroatoms. The maximum absolute atomic E-state index is 13.8. The van der Waals surface area contributed by atoms with Crippen LogP contribution < -0.4 is 10.6 Å². The summed E-state index contributed by atoms with van der Waals surface area (Å²) >= 11 is 0. The van der Waals surface area contributed by atoms with Gasteiger partial charge in [0, 0.05) is 43.2 Å². The van der Waals surface area contributed by atoms with Crippen LogP contribution in [-0.4, -0.2) is 80.0 Å². The molecular formula is C35H49N3O6. The maximum atomic E-state index is 13.8. The fourth-order valence-electron chi connectivity index (χ4n) is 5.97. The van der Waals surface area contributed by atoms with E-state index in [1.54, 1.807) is 24.3 Å². The standard InChI is InChI=1S/C35H49N3O6/c1-3-19-38(20-4-2)34(40)28-15-11-14-27(23-28)33(39)37-31(22-26-12-7-5-8-13-26)32(24-36-29-16-9-6-10-17-29)44-35(41)43-30-18-21-42-25-30/h5,7-8,11-15,23,29-32,36H,3-4,6,9-10,16-22,24-25H2,1-2H3,(H,37,39). The van der Waals surface area contributed by atoms with E-state index in [1.807, 2.05) is 49.1 Å². The van der Waals surface area contributed by atoms with Gasteiger partial charge >= 0.3 is 6.16 Å². The number of benzene rings is 2. The molecule has 0 spiro atoms. The molecule has 1 saturated heterocycles. The molecule has 4 rings (SSSR count). The number of hydrogen-bond donors (Lipinski definition) is 2. The molecule has 0 radical (unpaired) electrons. The largest absolute Gasteiger partial charge is 0.509 e. The molecule has 2 aromatic carbocycles. The summed E-state index contributed by atoms with van der Waals surface area (Å²) in [7, 11) is 0. The van der Waals surface area contributed by atoms with Crippen LogP contribution in [0.2, 0.25) is 0 Å². The molecule has 3 unspecified atom stereocenters. The highest BCUT2D eigenvalue weighted by Crippen LogP contribution is 2.19. The van der Waals surface area contributed by atoms with Gasteiger partial charge in [0.05, 0.1) is 19.3 Å². The van der Waals surface area contributed by atoms with Gasteiger partial charge in [0.15, 0.2) is 0 Å². The Balaban J connectivity index is 1.55. The Morgan fingerprint density at radius 2 is 1.66 bits per heavy atom. The number of carbonyl (C=O) groups excluding carboxylic acids is 3. The van der Waals surface area contributed by atoms with Crippen molar-refractivity contribution >= 4 is 18.0 Å². The fourth-order valence-corrected chi connectivity index (χ4v) is 5.97. The highest BCUT2D eigenvalue weighted by molar-refractivity contribution is 5.99. The topological polar surface area (TPSA) is 106 Å². The number of nitrogens with zero attached hydrogens (tertiary/aromatic N) is 1. The van der Waals surface area contributed by atoms with Crippen LogP contribution in [0.25, 0.3) is 0 Å². The molecule has 0 aromatic heterocycles. The lowest BCUT2D eigenvalue weighted by Crippen LogP contribution is -2.52. The van der Waals surface area contributed by atoms with Gasteiger partial charge in [-0.1, -0.05) is 69.5 Å². The van der Waals surface area contributed by atoms with E-state index in [0.717, 1.165) is 31.2 Å². The number of hydrogen-bond acceptors (Lipinski definition) is 7. The molecule has 1 aliphatic carbocycles. The highest BCUT2D eigenvalue weighted by Gasteiger charge is 2.31. The van der Waals surface area contributed by atoms with Gasteiger partial charge in [0.25, 0.3) is 11.8 Å². The summed E-state index contributed by atoms with van der Waals surface area (Å²) in [6.45, 7) is 6.70. The van der Waals surface area contributed by atoms with Gasteiger partial charge in [-0.3, -0.25) is 9.59 Å². The summed E-state index contributed by atoms with van der Waals surface area (Å²) in [6.07, 6.45) is 6.72. The van der Waals surface area contributed by atoms with Crippen LogP contribution in [0, 0.1) is 0 Å². The quantitative estimate of drug-likeness (QED) is 0.257. The molecule has 1 heterocycles. The first-order chi connectivity index (χ1) is 21.5. The third kappa shape index (κ3) is 10.3. The minimum atomic E-state index is -0.761. The Bertz CT molecular complexity index is 1170. The van der Waals surface area contributed by atoms with Crippen molar-refractivity contribution in [3.8, 4) is 0 Å². The predicted molar refractivity (Wildman–Crippen MR) is 170 cm³/mol. The highest BCUT2D eigenvalue weighted by atomic mass is 16.7. The first-order valence-electron chi connectivity index (χ1n) is 16.4. The lowest BCUT2D eigenvalue weighted by atomic mass is 9.94. The van der Waals surface area contributed by atoms with Crippen LogP contribution in [0.4, 0.5) is 4.79 Å². The molecule has 2 aliphatic rings. The molecule has 240 valence electrons. The van der Waals surface area contributed by atoms with Crippen molar-refractivity contribution in [3.05, 3.63) is 71.3 Å². The Morgan fingerprint density at radius 1 is 0.932 bits per heavy atom. The second-order valence-electron chi connectivity index (χ2n) is 11.9. The van der Waals surface area contributed by atoms with E-state index in [0.29, 0.717) is 62.9 Å². The minimum Gasteiger partial charge on any atom is -0.428 e. The molecule has 2 aromatic rings. The first kappa shape index (κ1) is 33.5.